The third kappa shape index (κ3) is 6.08. The Balaban J connectivity index is 1.50. The second-order valence-electron chi connectivity index (χ2n) is 12.2. The largest absolute Gasteiger partial charge is 0.368 e. The van der Waals surface area contributed by atoms with E-state index in [0.717, 1.165) is 32.1 Å². The Morgan fingerprint density at radius 1 is 1.11 bits per heavy atom. The van der Waals surface area contributed by atoms with Gasteiger partial charge in [0.1, 0.15) is 24.2 Å². The summed E-state index contributed by atoms with van der Waals surface area (Å²) in [6.07, 6.45) is 5.48. The number of carbonyl (C=O) groups is 4. The van der Waals surface area contributed by atoms with Gasteiger partial charge in [0, 0.05) is 25.6 Å². The summed E-state index contributed by atoms with van der Waals surface area (Å²) in [4.78, 5) is 54.3. The second kappa shape index (κ2) is 11.4. The summed E-state index contributed by atoms with van der Waals surface area (Å²) in [5.74, 6) is -1.05. The number of hydrogen-bond donors (Lipinski definition) is 3. The van der Waals surface area contributed by atoms with E-state index >= 15 is 0 Å². The van der Waals surface area contributed by atoms with Gasteiger partial charge in [-0.1, -0.05) is 27.2 Å². The molecule has 3 aliphatic heterocycles. The molecule has 10 heteroatoms. The number of piperidine rings is 1. The monoisotopic (exact) mass is 515 g/mol. The highest BCUT2D eigenvalue weighted by Crippen LogP contribution is 2.43. The molecule has 3 saturated heterocycles. The number of fused-ring (bicyclic) bond motifs is 1. The average molecular weight is 516 g/mol. The lowest BCUT2D eigenvalue weighted by Gasteiger charge is -2.37. The molecule has 0 aromatic rings. The summed E-state index contributed by atoms with van der Waals surface area (Å²) < 4.78 is 5.52. The number of hydrogen-bond acceptors (Lipinski definition) is 6. The van der Waals surface area contributed by atoms with Gasteiger partial charge in [0.15, 0.2) is 0 Å². The maximum absolute atomic E-state index is 14.0. The first-order valence-electron chi connectivity index (χ1n) is 13.8. The fraction of sp³-hybridized carbons (Fsp3) is 0.815. The maximum Gasteiger partial charge on any atom is 0.249 e. The summed E-state index contributed by atoms with van der Waals surface area (Å²) >= 11 is 0. The van der Waals surface area contributed by atoms with E-state index in [1.165, 1.54) is 0 Å². The van der Waals surface area contributed by atoms with Crippen LogP contribution in [0.4, 0.5) is 0 Å². The van der Waals surface area contributed by atoms with Crippen LogP contribution < -0.4 is 16.0 Å². The van der Waals surface area contributed by atoms with E-state index in [1.807, 2.05) is 20.8 Å². The van der Waals surface area contributed by atoms with Crippen LogP contribution in [-0.4, -0.2) is 72.5 Å². The van der Waals surface area contributed by atoms with Gasteiger partial charge in [-0.25, -0.2) is 0 Å². The molecule has 4 rings (SSSR count). The Bertz CT molecular complexity index is 934. The Morgan fingerprint density at radius 2 is 1.89 bits per heavy atom. The van der Waals surface area contributed by atoms with Crippen molar-refractivity contribution < 1.29 is 23.9 Å². The van der Waals surface area contributed by atoms with Gasteiger partial charge in [0.2, 0.25) is 23.6 Å². The minimum Gasteiger partial charge on any atom is -0.368 e. The number of carbonyl (C=O) groups excluding carboxylic acids is 4. The Labute approximate surface area is 219 Å². The van der Waals surface area contributed by atoms with Gasteiger partial charge in [-0.3, -0.25) is 19.2 Å². The molecule has 4 fully saturated rings. The van der Waals surface area contributed by atoms with E-state index in [4.69, 9.17) is 4.74 Å². The Hall–Kier alpha value is -2.67. The van der Waals surface area contributed by atoms with Crippen molar-refractivity contribution in [3.05, 3.63) is 0 Å². The molecule has 1 saturated carbocycles. The number of nitriles is 1. The van der Waals surface area contributed by atoms with Crippen LogP contribution in [0.15, 0.2) is 0 Å². The maximum atomic E-state index is 14.0. The molecule has 7 atom stereocenters. The fourth-order valence-electron chi connectivity index (χ4n) is 6.45. The predicted octanol–water partition coefficient (Wildman–Crippen LogP) is 1.25. The number of ether oxygens (including phenoxy) is 1. The van der Waals surface area contributed by atoms with Crippen LogP contribution >= 0.6 is 0 Å². The molecular formula is C27H41N5O5. The minimum absolute atomic E-state index is 0.0238. The van der Waals surface area contributed by atoms with E-state index in [9.17, 15) is 24.4 Å². The van der Waals surface area contributed by atoms with Gasteiger partial charge in [-0.15, -0.1) is 0 Å². The summed E-state index contributed by atoms with van der Waals surface area (Å²) in [6, 6.07) is -0.166. The smallest absolute Gasteiger partial charge is 0.249 e. The zero-order chi connectivity index (χ0) is 26.7. The summed E-state index contributed by atoms with van der Waals surface area (Å²) in [5.41, 5.74) is -0.576. The van der Waals surface area contributed by atoms with Crippen molar-refractivity contribution in [1.82, 2.24) is 20.9 Å². The molecule has 0 aromatic carbocycles. The molecule has 0 spiro atoms. The average Bonchev–Trinajstić information content (AvgIpc) is 3.59. The molecule has 37 heavy (non-hydrogen) atoms. The van der Waals surface area contributed by atoms with E-state index < -0.39 is 29.6 Å². The third-order valence-corrected chi connectivity index (χ3v) is 8.46. The minimum atomic E-state index is -0.809. The van der Waals surface area contributed by atoms with E-state index in [-0.39, 0.29) is 47.8 Å². The van der Waals surface area contributed by atoms with Crippen molar-refractivity contribution in [2.45, 2.75) is 96.4 Å². The normalized spacial score (nSPS) is 31.1. The highest BCUT2D eigenvalue weighted by molar-refractivity contribution is 5.94. The van der Waals surface area contributed by atoms with Crippen molar-refractivity contribution in [3.63, 3.8) is 0 Å². The van der Waals surface area contributed by atoms with Crippen LogP contribution in [-0.2, 0) is 23.9 Å². The topological polar surface area (TPSA) is 141 Å². The lowest BCUT2D eigenvalue weighted by Crippen LogP contribution is -2.60. The van der Waals surface area contributed by atoms with Crippen LogP contribution in [0.2, 0.25) is 0 Å². The first-order valence-corrected chi connectivity index (χ1v) is 13.8. The van der Waals surface area contributed by atoms with Crippen molar-refractivity contribution in [3.8, 4) is 6.07 Å². The van der Waals surface area contributed by atoms with Gasteiger partial charge < -0.3 is 25.6 Å². The van der Waals surface area contributed by atoms with E-state index in [1.54, 1.807) is 4.90 Å². The fourth-order valence-corrected chi connectivity index (χ4v) is 6.45. The number of nitrogens with zero attached hydrogens (tertiary/aromatic N) is 2. The molecule has 0 bridgehead atoms. The summed E-state index contributed by atoms with van der Waals surface area (Å²) in [6.45, 7) is 7.34. The number of nitrogens with one attached hydrogen (secondary N) is 3. The number of amides is 4. The summed E-state index contributed by atoms with van der Waals surface area (Å²) in [7, 11) is 0. The molecule has 0 radical (unpaired) electrons. The van der Waals surface area contributed by atoms with Gasteiger partial charge in [-0.2, -0.15) is 5.26 Å². The first kappa shape index (κ1) is 27.4. The molecule has 4 aliphatic rings. The zero-order valence-corrected chi connectivity index (χ0v) is 22.3. The second-order valence-corrected chi connectivity index (χ2v) is 12.2. The van der Waals surface area contributed by atoms with E-state index in [2.05, 4.69) is 22.0 Å². The van der Waals surface area contributed by atoms with Crippen molar-refractivity contribution in [1.29, 1.82) is 5.26 Å². The molecule has 3 N–H and O–H groups in total. The van der Waals surface area contributed by atoms with Gasteiger partial charge in [-0.05, 0) is 62.2 Å². The zero-order valence-electron chi connectivity index (χ0n) is 22.3. The molecule has 3 heterocycles. The molecule has 0 aromatic heterocycles. The standard InChI is InChI=1S/C27H41N5O5/c1-27(2,3)22(31-24(34)20-10-6-12-37-20)26(36)32-15-17-7-4-9-19(17)21(32)25(35)30-18(14-28)13-16-8-5-11-29-23(16)33/h16-22H,4-13,15H2,1-3H3,(H,29,33)(H,30,35)(H,31,34)/t16-,17-,18-,19-,20?,21-,22+/m0/s1. The van der Waals surface area contributed by atoms with Crippen LogP contribution in [0.25, 0.3) is 0 Å². The van der Waals surface area contributed by atoms with Gasteiger partial charge >= 0.3 is 0 Å². The SMILES string of the molecule is CC(C)(C)[C@H](NC(=O)C1CCCO1)C(=O)N1C[C@@H]2CCC[C@@H]2[C@H]1C(=O)N[C@H](C#N)C[C@@H]1CCCNC1=O. The third-order valence-electron chi connectivity index (χ3n) is 8.46. The predicted molar refractivity (Wildman–Crippen MR) is 135 cm³/mol. The van der Waals surface area contributed by atoms with Crippen LogP contribution in [0, 0.1) is 34.5 Å². The molecule has 1 aliphatic carbocycles. The highest BCUT2D eigenvalue weighted by Gasteiger charge is 2.52. The molecule has 10 nitrogen and oxygen atoms in total. The Kier molecular flexibility index (Phi) is 8.42. The first-order chi connectivity index (χ1) is 17.6. The molecule has 1 unspecified atom stereocenters. The van der Waals surface area contributed by atoms with E-state index in [0.29, 0.717) is 32.5 Å². The molecular weight excluding hydrogens is 474 g/mol. The van der Waals surface area contributed by atoms with Crippen molar-refractivity contribution >= 4 is 23.6 Å². The van der Waals surface area contributed by atoms with Gasteiger partial charge in [0.05, 0.1) is 6.07 Å². The van der Waals surface area contributed by atoms with Crippen LogP contribution in [0.3, 0.4) is 0 Å². The number of rotatable bonds is 7. The highest BCUT2D eigenvalue weighted by atomic mass is 16.5. The number of likely N-dealkylation sites (tertiary alicyclic amines) is 1. The van der Waals surface area contributed by atoms with Crippen LogP contribution in [0.1, 0.15) is 72.1 Å². The van der Waals surface area contributed by atoms with Crippen LogP contribution in [0.5, 0.6) is 0 Å². The molecule has 4 amide bonds. The summed E-state index contributed by atoms with van der Waals surface area (Å²) in [5, 5.41) is 18.4. The van der Waals surface area contributed by atoms with Gasteiger partial charge in [0.25, 0.3) is 0 Å². The van der Waals surface area contributed by atoms with Crippen molar-refractivity contribution in [2.24, 2.45) is 23.2 Å². The van der Waals surface area contributed by atoms with Crippen molar-refractivity contribution in [2.75, 3.05) is 19.7 Å². The molecule has 204 valence electrons. The lowest BCUT2D eigenvalue weighted by atomic mass is 9.85. The lowest BCUT2D eigenvalue weighted by molar-refractivity contribution is -0.146. The Morgan fingerprint density at radius 3 is 2.54 bits per heavy atom. The quantitative estimate of drug-likeness (QED) is 0.466.